The van der Waals surface area contributed by atoms with Crippen molar-refractivity contribution in [1.29, 1.82) is 0 Å². The smallest absolute Gasteiger partial charge is 0.335 e. The van der Waals surface area contributed by atoms with E-state index in [1.165, 1.54) is 12.3 Å². The Hall–Kier alpha value is -2.38. The maximum Gasteiger partial charge on any atom is 0.362 e. The van der Waals surface area contributed by atoms with Crippen LogP contribution in [0.2, 0.25) is 0 Å². The summed E-state index contributed by atoms with van der Waals surface area (Å²) in [6, 6.07) is -2.28. The lowest BCUT2D eigenvalue weighted by Gasteiger charge is -2.41. The fourth-order valence-corrected chi connectivity index (χ4v) is 3.45. The van der Waals surface area contributed by atoms with Gasteiger partial charge >= 0.3 is 10.3 Å². The monoisotopic (exact) mass is 362 g/mol. The van der Waals surface area contributed by atoms with E-state index in [1.807, 2.05) is 0 Å². The molecule has 0 aromatic carbocycles. The maximum atomic E-state index is 11.9. The zero-order chi connectivity index (χ0) is 17.4. The average molecular weight is 362 g/mol. The Bertz CT molecular complexity index is 787. The molecule has 23 heavy (non-hydrogen) atoms. The van der Waals surface area contributed by atoms with E-state index < -0.39 is 40.0 Å². The highest BCUT2D eigenvalue weighted by Crippen LogP contribution is 2.23. The predicted octanol–water partition coefficient (Wildman–Crippen LogP) is -1.59. The lowest BCUT2D eigenvalue weighted by molar-refractivity contribution is -0.144. The third-order valence-electron chi connectivity index (χ3n) is 3.00. The van der Waals surface area contributed by atoms with E-state index in [2.05, 4.69) is 15.6 Å². The zero-order valence-electron chi connectivity index (χ0n) is 11.4. The molecular weight excluding hydrogens is 352 g/mol. The number of Topliss-reactive ketones (excluding diaryl/α,β-unsaturated/α-hetero) is 1. The minimum atomic E-state index is -4.71. The minimum Gasteiger partial charge on any atom is -0.335 e. The summed E-state index contributed by atoms with van der Waals surface area (Å²) in [7, 11) is -4.71. The Labute approximate surface area is 133 Å². The maximum absolute atomic E-state index is 11.9. The second-order valence-electron chi connectivity index (χ2n) is 4.43. The summed E-state index contributed by atoms with van der Waals surface area (Å²) in [4.78, 5) is 49.2. The van der Waals surface area contributed by atoms with Crippen molar-refractivity contribution in [3.05, 3.63) is 11.1 Å². The van der Waals surface area contributed by atoms with Gasteiger partial charge in [0, 0.05) is 5.38 Å². The van der Waals surface area contributed by atoms with Gasteiger partial charge in [-0.05, 0) is 6.92 Å². The average Bonchev–Trinajstić information content (AvgIpc) is 2.91. The number of hydrogen-bond donors (Lipinski definition) is 3. The SMILES string of the molecule is C[C@H]1[C@H](NC(=O)C(=O)c2csc(NC=O)n2)C(=O)N1S(=O)(=O)O. The third-order valence-corrected chi connectivity index (χ3v) is 4.78. The number of amides is 3. The molecule has 11 nitrogen and oxygen atoms in total. The molecule has 0 saturated carbocycles. The number of thiazole rings is 1. The van der Waals surface area contributed by atoms with E-state index in [9.17, 15) is 27.6 Å². The largest absolute Gasteiger partial charge is 0.362 e. The fourth-order valence-electron chi connectivity index (χ4n) is 1.92. The van der Waals surface area contributed by atoms with Gasteiger partial charge in [0.05, 0.1) is 6.04 Å². The van der Waals surface area contributed by atoms with Crippen molar-refractivity contribution in [2.75, 3.05) is 5.32 Å². The molecule has 1 aliphatic rings. The molecular formula is C10H10N4O7S2. The van der Waals surface area contributed by atoms with E-state index in [0.717, 1.165) is 11.3 Å². The van der Waals surface area contributed by atoms with Gasteiger partial charge < -0.3 is 10.6 Å². The first-order chi connectivity index (χ1) is 10.7. The minimum absolute atomic E-state index is 0.113. The first-order valence-corrected chi connectivity index (χ1v) is 8.26. The second-order valence-corrected chi connectivity index (χ2v) is 6.58. The Morgan fingerprint density at radius 2 is 2.13 bits per heavy atom. The highest BCUT2D eigenvalue weighted by atomic mass is 32.2. The number of aromatic nitrogens is 1. The molecule has 0 aliphatic carbocycles. The predicted molar refractivity (Wildman–Crippen MR) is 75.9 cm³/mol. The molecule has 2 atom stereocenters. The lowest BCUT2D eigenvalue weighted by atomic mass is 10.0. The number of β-lactam (4-membered cyclic amide) rings is 1. The molecule has 0 spiro atoms. The number of rotatable bonds is 6. The summed E-state index contributed by atoms with van der Waals surface area (Å²) in [5.74, 6) is -3.26. The molecule has 0 unspecified atom stereocenters. The van der Waals surface area contributed by atoms with Crippen molar-refractivity contribution in [3.63, 3.8) is 0 Å². The van der Waals surface area contributed by atoms with Gasteiger partial charge in [0.15, 0.2) is 5.13 Å². The van der Waals surface area contributed by atoms with Crippen LogP contribution >= 0.6 is 11.3 Å². The van der Waals surface area contributed by atoms with Crippen LogP contribution in [-0.2, 0) is 24.7 Å². The van der Waals surface area contributed by atoms with E-state index in [-0.39, 0.29) is 15.1 Å². The highest BCUT2D eigenvalue weighted by molar-refractivity contribution is 7.84. The Kier molecular flexibility index (Phi) is 4.44. The summed E-state index contributed by atoms with van der Waals surface area (Å²) in [5, 5.41) is 5.64. The van der Waals surface area contributed by atoms with Gasteiger partial charge in [-0.1, -0.05) is 0 Å². The van der Waals surface area contributed by atoms with Crippen LogP contribution in [0.15, 0.2) is 5.38 Å². The molecule has 1 saturated heterocycles. The molecule has 3 amide bonds. The van der Waals surface area contributed by atoms with Crippen molar-refractivity contribution < 1.29 is 32.1 Å². The van der Waals surface area contributed by atoms with E-state index in [0.29, 0.717) is 6.41 Å². The van der Waals surface area contributed by atoms with Gasteiger partial charge in [0.25, 0.3) is 17.6 Å². The summed E-state index contributed by atoms with van der Waals surface area (Å²) in [5.41, 5.74) is -0.233. The van der Waals surface area contributed by atoms with Gasteiger partial charge in [-0.3, -0.25) is 23.7 Å². The van der Waals surface area contributed by atoms with Crippen molar-refractivity contribution >= 4 is 50.8 Å². The quantitative estimate of drug-likeness (QED) is 0.179. The van der Waals surface area contributed by atoms with Gasteiger partial charge in [0.2, 0.25) is 6.41 Å². The van der Waals surface area contributed by atoms with Crippen LogP contribution in [0.1, 0.15) is 17.4 Å². The number of carbonyl (C=O) groups excluding carboxylic acids is 4. The summed E-state index contributed by atoms with van der Waals surface area (Å²) < 4.78 is 30.9. The second kappa shape index (κ2) is 6.02. The first-order valence-electron chi connectivity index (χ1n) is 5.98. The standard InChI is InChI=1S/C10H10N4O7S2/c1-4-6(9(18)14(4)23(19,20)21)13-8(17)7(16)5-2-22-10(12-5)11-3-15/h2-4,6H,1H3,(H,13,17)(H,11,12,15)(H,19,20,21)/t4-,6-/m0/s1. The number of carbonyl (C=O) groups is 4. The summed E-state index contributed by atoms with van der Waals surface area (Å²) >= 11 is 0.921. The van der Waals surface area contributed by atoms with Crippen LogP contribution in [0.3, 0.4) is 0 Å². The van der Waals surface area contributed by atoms with E-state index in [1.54, 1.807) is 0 Å². The van der Waals surface area contributed by atoms with Crippen LogP contribution in [-0.4, -0.2) is 58.4 Å². The third kappa shape index (κ3) is 3.20. The van der Waals surface area contributed by atoms with Crippen molar-refractivity contribution in [3.8, 4) is 0 Å². The van der Waals surface area contributed by atoms with Gasteiger partial charge in [0.1, 0.15) is 11.7 Å². The summed E-state index contributed by atoms with van der Waals surface area (Å²) in [6.45, 7) is 1.28. The number of ketones is 1. The molecule has 2 rings (SSSR count). The van der Waals surface area contributed by atoms with Crippen LogP contribution < -0.4 is 10.6 Å². The molecule has 0 bridgehead atoms. The molecule has 124 valence electrons. The molecule has 1 fully saturated rings. The Morgan fingerprint density at radius 3 is 2.65 bits per heavy atom. The van der Waals surface area contributed by atoms with Crippen LogP contribution in [0.4, 0.5) is 5.13 Å². The van der Waals surface area contributed by atoms with Gasteiger partial charge in [-0.25, -0.2) is 9.29 Å². The molecule has 13 heteroatoms. The highest BCUT2D eigenvalue weighted by Gasteiger charge is 2.51. The molecule has 1 aromatic heterocycles. The van der Waals surface area contributed by atoms with Crippen molar-refractivity contribution in [2.24, 2.45) is 0 Å². The number of nitrogens with one attached hydrogen (secondary N) is 2. The number of anilines is 1. The van der Waals surface area contributed by atoms with Gasteiger partial charge in [-0.2, -0.15) is 8.42 Å². The molecule has 1 aromatic rings. The van der Waals surface area contributed by atoms with E-state index >= 15 is 0 Å². The Balaban J connectivity index is 2.03. The molecule has 3 N–H and O–H groups in total. The van der Waals surface area contributed by atoms with Crippen LogP contribution in [0.25, 0.3) is 0 Å². The fraction of sp³-hybridized carbons (Fsp3) is 0.300. The van der Waals surface area contributed by atoms with Gasteiger partial charge in [-0.15, -0.1) is 11.3 Å². The topological polar surface area (TPSA) is 163 Å². The number of nitrogens with zero attached hydrogens (tertiary/aromatic N) is 2. The Morgan fingerprint density at radius 1 is 1.48 bits per heavy atom. The van der Waals surface area contributed by atoms with Crippen LogP contribution in [0, 0.1) is 0 Å². The molecule has 1 aliphatic heterocycles. The number of hydrogen-bond acceptors (Lipinski definition) is 8. The zero-order valence-corrected chi connectivity index (χ0v) is 13.1. The van der Waals surface area contributed by atoms with Crippen LogP contribution in [0.5, 0.6) is 0 Å². The first kappa shape index (κ1) is 17.0. The van der Waals surface area contributed by atoms with Crippen molar-refractivity contribution in [1.82, 2.24) is 14.6 Å². The molecule has 0 radical (unpaired) electrons. The summed E-state index contributed by atoms with van der Waals surface area (Å²) in [6.07, 6.45) is 0.353. The normalized spacial score (nSPS) is 20.6. The molecule has 2 heterocycles. The van der Waals surface area contributed by atoms with E-state index in [4.69, 9.17) is 4.55 Å². The lowest BCUT2D eigenvalue weighted by Crippen LogP contribution is -2.71. The van der Waals surface area contributed by atoms with Crippen molar-refractivity contribution in [2.45, 2.75) is 19.0 Å².